The van der Waals surface area contributed by atoms with E-state index in [1.54, 1.807) is 18.2 Å². The third kappa shape index (κ3) is 4.39. The molecule has 1 aliphatic carbocycles. The molecular formula is C19H24N2O4. The van der Waals surface area contributed by atoms with Crippen LogP contribution in [0.1, 0.15) is 43.0 Å². The van der Waals surface area contributed by atoms with Crippen LogP contribution in [-0.2, 0) is 4.74 Å². The highest BCUT2D eigenvalue weighted by Gasteiger charge is 2.21. The molecule has 0 spiro atoms. The van der Waals surface area contributed by atoms with E-state index in [0.717, 1.165) is 6.42 Å². The number of pyridine rings is 1. The summed E-state index contributed by atoms with van der Waals surface area (Å²) in [6.07, 6.45) is 6.58. The van der Waals surface area contributed by atoms with Gasteiger partial charge in [-0.05, 0) is 43.0 Å². The van der Waals surface area contributed by atoms with Crippen molar-refractivity contribution in [2.24, 2.45) is 5.92 Å². The molecule has 2 atom stereocenters. The van der Waals surface area contributed by atoms with E-state index in [9.17, 15) is 9.59 Å². The Morgan fingerprint density at radius 1 is 1.32 bits per heavy atom. The van der Waals surface area contributed by atoms with Gasteiger partial charge in [-0.15, -0.1) is 0 Å². The van der Waals surface area contributed by atoms with Crippen LogP contribution in [0, 0.1) is 5.92 Å². The van der Waals surface area contributed by atoms with Gasteiger partial charge in [-0.25, -0.2) is 0 Å². The molecule has 1 saturated carbocycles. The van der Waals surface area contributed by atoms with Gasteiger partial charge >= 0.3 is 0 Å². The highest BCUT2D eigenvalue weighted by Crippen LogP contribution is 2.26. The minimum Gasteiger partial charge on any atom is -0.463 e. The Morgan fingerprint density at radius 3 is 2.88 bits per heavy atom. The van der Waals surface area contributed by atoms with E-state index < -0.39 is 11.5 Å². The maximum absolute atomic E-state index is 12.2. The second-order valence-corrected chi connectivity index (χ2v) is 6.52. The van der Waals surface area contributed by atoms with Crippen LogP contribution in [-0.4, -0.2) is 30.1 Å². The average Bonchev–Trinajstić information content (AvgIpc) is 3.14. The van der Waals surface area contributed by atoms with Gasteiger partial charge in [-0.3, -0.25) is 9.59 Å². The molecular weight excluding hydrogens is 320 g/mol. The molecule has 2 aromatic rings. The Kier molecular flexibility index (Phi) is 5.71. The standard InChI is InChI=1S/C19H24N2O4/c1-13-5-2-3-6-16(13)25-12-10-20-18(22)14-8-9-15(21-19(14)23)17-7-4-11-24-17/h4,7-9,11,13,16H,2-3,5-6,10,12H2,1H3,(H,20,22)(H,21,23)/t13-,16-/m0/s1. The van der Waals surface area contributed by atoms with E-state index in [0.29, 0.717) is 30.5 Å². The zero-order valence-electron chi connectivity index (χ0n) is 14.4. The minimum atomic E-state index is -0.437. The van der Waals surface area contributed by atoms with Crippen molar-refractivity contribution in [2.75, 3.05) is 13.2 Å². The lowest BCUT2D eigenvalue weighted by Gasteiger charge is -2.28. The van der Waals surface area contributed by atoms with Crippen molar-refractivity contribution < 1.29 is 13.9 Å². The first-order valence-corrected chi connectivity index (χ1v) is 8.82. The zero-order valence-corrected chi connectivity index (χ0v) is 14.4. The molecule has 1 amide bonds. The molecule has 0 saturated heterocycles. The molecule has 0 unspecified atom stereocenters. The summed E-state index contributed by atoms with van der Waals surface area (Å²) in [7, 11) is 0. The first-order chi connectivity index (χ1) is 12.1. The van der Waals surface area contributed by atoms with Gasteiger partial charge in [0.25, 0.3) is 11.5 Å². The van der Waals surface area contributed by atoms with Crippen LogP contribution in [0.5, 0.6) is 0 Å². The Balaban J connectivity index is 1.50. The van der Waals surface area contributed by atoms with Gasteiger partial charge in [-0.2, -0.15) is 0 Å². The van der Waals surface area contributed by atoms with Gasteiger partial charge in [0.15, 0.2) is 0 Å². The van der Waals surface area contributed by atoms with Crippen molar-refractivity contribution in [3.63, 3.8) is 0 Å². The van der Waals surface area contributed by atoms with Crippen molar-refractivity contribution in [1.82, 2.24) is 10.3 Å². The number of carbonyl (C=O) groups excluding carboxylic acids is 1. The van der Waals surface area contributed by atoms with Crippen molar-refractivity contribution in [3.05, 3.63) is 46.4 Å². The maximum atomic E-state index is 12.2. The van der Waals surface area contributed by atoms with Crippen molar-refractivity contribution >= 4 is 5.91 Å². The van der Waals surface area contributed by atoms with Gasteiger partial charge in [0, 0.05) is 6.54 Å². The van der Waals surface area contributed by atoms with Crippen LogP contribution in [0.25, 0.3) is 11.5 Å². The number of carbonyl (C=O) groups is 1. The van der Waals surface area contributed by atoms with Crippen LogP contribution < -0.4 is 10.9 Å². The minimum absolute atomic E-state index is 0.0846. The van der Waals surface area contributed by atoms with Crippen LogP contribution in [0.3, 0.4) is 0 Å². The van der Waals surface area contributed by atoms with E-state index in [4.69, 9.17) is 9.15 Å². The topological polar surface area (TPSA) is 84.3 Å². The van der Waals surface area contributed by atoms with Gasteiger partial charge in [0.2, 0.25) is 0 Å². The van der Waals surface area contributed by atoms with Crippen LogP contribution in [0.4, 0.5) is 0 Å². The summed E-state index contributed by atoms with van der Waals surface area (Å²) in [4.78, 5) is 26.9. The van der Waals surface area contributed by atoms with Crippen molar-refractivity contribution in [2.45, 2.75) is 38.7 Å². The number of ether oxygens (including phenoxy) is 1. The molecule has 25 heavy (non-hydrogen) atoms. The fraction of sp³-hybridized carbons (Fsp3) is 0.474. The zero-order chi connectivity index (χ0) is 17.6. The van der Waals surface area contributed by atoms with Gasteiger partial charge in [-0.1, -0.05) is 19.8 Å². The molecule has 6 heteroatoms. The third-order valence-corrected chi connectivity index (χ3v) is 4.69. The van der Waals surface area contributed by atoms with Crippen LogP contribution >= 0.6 is 0 Å². The largest absolute Gasteiger partial charge is 0.463 e. The summed E-state index contributed by atoms with van der Waals surface area (Å²) in [5.41, 5.74) is 0.190. The first-order valence-electron chi connectivity index (χ1n) is 8.82. The summed E-state index contributed by atoms with van der Waals surface area (Å²) in [6, 6.07) is 6.65. The number of hydrogen-bond acceptors (Lipinski definition) is 4. The smallest absolute Gasteiger partial charge is 0.261 e. The average molecular weight is 344 g/mol. The highest BCUT2D eigenvalue weighted by molar-refractivity contribution is 5.94. The molecule has 1 aliphatic rings. The predicted octanol–water partition coefficient (Wildman–Crippen LogP) is 2.96. The summed E-state index contributed by atoms with van der Waals surface area (Å²) >= 11 is 0. The fourth-order valence-corrected chi connectivity index (χ4v) is 3.23. The van der Waals surface area contributed by atoms with E-state index in [1.165, 1.54) is 31.6 Å². The van der Waals surface area contributed by atoms with Crippen LogP contribution in [0.15, 0.2) is 39.7 Å². The second-order valence-electron chi connectivity index (χ2n) is 6.52. The van der Waals surface area contributed by atoms with Crippen LogP contribution in [0.2, 0.25) is 0 Å². The number of nitrogens with one attached hydrogen (secondary N) is 2. The summed E-state index contributed by atoms with van der Waals surface area (Å²) < 4.78 is 11.1. The third-order valence-electron chi connectivity index (χ3n) is 4.69. The summed E-state index contributed by atoms with van der Waals surface area (Å²) in [5, 5.41) is 2.74. The van der Waals surface area contributed by atoms with E-state index >= 15 is 0 Å². The SMILES string of the molecule is C[C@H]1CCCC[C@@H]1OCCNC(=O)c1ccc(-c2ccco2)[nH]c1=O. The van der Waals surface area contributed by atoms with Crippen molar-refractivity contribution in [1.29, 1.82) is 0 Å². The highest BCUT2D eigenvalue weighted by atomic mass is 16.5. The molecule has 134 valence electrons. The number of amides is 1. The lowest BCUT2D eigenvalue weighted by Crippen LogP contribution is -2.34. The number of hydrogen-bond donors (Lipinski definition) is 2. The van der Waals surface area contributed by atoms with E-state index in [-0.39, 0.29) is 11.7 Å². The molecule has 0 radical (unpaired) electrons. The quantitative estimate of drug-likeness (QED) is 0.789. The molecule has 6 nitrogen and oxygen atoms in total. The monoisotopic (exact) mass is 344 g/mol. The predicted molar refractivity (Wildman–Crippen MR) is 94.5 cm³/mol. The Morgan fingerprint density at radius 2 is 2.16 bits per heavy atom. The maximum Gasteiger partial charge on any atom is 0.261 e. The lowest BCUT2D eigenvalue weighted by molar-refractivity contribution is -0.00294. The molecule has 2 N–H and O–H groups in total. The second kappa shape index (κ2) is 8.16. The summed E-state index contributed by atoms with van der Waals surface area (Å²) in [6.45, 7) is 3.06. The summed E-state index contributed by atoms with van der Waals surface area (Å²) in [5.74, 6) is 0.730. The normalized spacial score (nSPS) is 20.4. The van der Waals surface area contributed by atoms with Gasteiger partial charge < -0.3 is 19.5 Å². The van der Waals surface area contributed by atoms with E-state index in [1.807, 2.05) is 0 Å². The molecule has 0 bridgehead atoms. The Bertz CT molecular complexity index is 751. The number of furan rings is 1. The number of aromatic amines is 1. The molecule has 2 aromatic heterocycles. The Hall–Kier alpha value is -2.34. The molecule has 0 aliphatic heterocycles. The lowest BCUT2D eigenvalue weighted by atomic mass is 9.88. The number of H-pyrrole nitrogens is 1. The molecule has 3 rings (SSSR count). The number of aromatic nitrogens is 1. The van der Waals surface area contributed by atoms with Gasteiger partial charge in [0.1, 0.15) is 11.3 Å². The van der Waals surface area contributed by atoms with E-state index in [2.05, 4.69) is 17.2 Å². The van der Waals surface area contributed by atoms with Crippen molar-refractivity contribution in [3.8, 4) is 11.5 Å². The fourth-order valence-electron chi connectivity index (χ4n) is 3.23. The van der Waals surface area contributed by atoms with Gasteiger partial charge in [0.05, 0.1) is 24.7 Å². The molecule has 2 heterocycles. The molecule has 0 aromatic carbocycles. The number of rotatable bonds is 6. The first kappa shape index (κ1) is 17.5. The Labute approximate surface area is 146 Å². The molecule has 1 fully saturated rings.